The van der Waals surface area contributed by atoms with Gasteiger partial charge >= 0.3 is 6.03 Å². The van der Waals surface area contributed by atoms with Crippen molar-refractivity contribution in [2.24, 2.45) is 5.73 Å². The maximum Gasteiger partial charge on any atom is 0.314 e. The predicted octanol–water partition coefficient (Wildman–Crippen LogP) is 1.69. The number of non-ortho nitro benzene ring substituents is 1. The highest BCUT2D eigenvalue weighted by atomic mass is 19.1. The van der Waals surface area contributed by atoms with Crippen molar-refractivity contribution in [1.82, 2.24) is 4.90 Å². The number of nitrogens with two attached hydrogens (primary N) is 1. The molecule has 3 N–H and O–H groups in total. The van der Waals surface area contributed by atoms with Gasteiger partial charge < -0.3 is 16.0 Å². The molecule has 0 aliphatic carbocycles. The molecule has 0 radical (unpaired) electrons. The summed E-state index contributed by atoms with van der Waals surface area (Å²) in [5.74, 6) is -0.656. The van der Waals surface area contributed by atoms with Crippen molar-refractivity contribution in [3.63, 3.8) is 0 Å². The number of nitro groups is 1. The molecule has 1 aliphatic heterocycles. The Morgan fingerprint density at radius 1 is 1.45 bits per heavy atom. The molecule has 1 aliphatic rings. The average Bonchev–Trinajstić information content (AvgIpc) is 2.41. The van der Waals surface area contributed by atoms with Crippen molar-refractivity contribution < 1.29 is 14.1 Å². The molecule has 1 saturated heterocycles. The maximum atomic E-state index is 13.7. The summed E-state index contributed by atoms with van der Waals surface area (Å²) in [6, 6.07) is 3.06. The van der Waals surface area contributed by atoms with Crippen molar-refractivity contribution in [3.05, 3.63) is 34.1 Å². The molecular weight excluding hydrogens is 267 g/mol. The van der Waals surface area contributed by atoms with Crippen LogP contribution in [0.15, 0.2) is 18.2 Å². The number of rotatable bonds is 3. The van der Waals surface area contributed by atoms with Gasteiger partial charge in [0, 0.05) is 25.2 Å². The lowest BCUT2D eigenvalue weighted by Crippen LogP contribution is -2.44. The lowest BCUT2D eigenvalue weighted by atomic mass is 10.0. The average molecular weight is 282 g/mol. The molecule has 0 spiro atoms. The Bertz CT molecular complexity index is 529. The molecule has 0 aromatic heterocycles. The first-order chi connectivity index (χ1) is 9.47. The van der Waals surface area contributed by atoms with Crippen LogP contribution in [-0.4, -0.2) is 35.0 Å². The molecule has 2 rings (SSSR count). The number of hydrogen-bond donors (Lipinski definition) is 2. The molecule has 2 amide bonds. The smallest absolute Gasteiger partial charge is 0.314 e. The second kappa shape index (κ2) is 5.72. The summed E-state index contributed by atoms with van der Waals surface area (Å²) in [5, 5.41) is 13.5. The SMILES string of the molecule is NC(=O)N1CCC(Nc2ccc([N+](=O)[O-])cc2F)CC1. The zero-order valence-corrected chi connectivity index (χ0v) is 10.7. The van der Waals surface area contributed by atoms with Gasteiger partial charge in [0.05, 0.1) is 16.7 Å². The number of anilines is 1. The third kappa shape index (κ3) is 3.14. The first-order valence-corrected chi connectivity index (χ1v) is 6.22. The lowest BCUT2D eigenvalue weighted by molar-refractivity contribution is -0.385. The zero-order chi connectivity index (χ0) is 14.7. The summed E-state index contributed by atoms with van der Waals surface area (Å²) < 4.78 is 13.7. The molecule has 7 nitrogen and oxygen atoms in total. The molecular formula is C12H15FN4O3. The van der Waals surface area contributed by atoms with Gasteiger partial charge in [-0.05, 0) is 18.9 Å². The van der Waals surface area contributed by atoms with Crippen molar-refractivity contribution in [3.8, 4) is 0 Å². The van der Waals surface area contributed by atoms with E-state index >= 15 is 0 Å². The number of piperidine rings is 1. The van der Waals surface area contributed by atoms with Crippen LogP contribution < -0.4 is 11.1 Å². The molecule has 20 heavy (non-hydrogen) atoms. The van der Waals surface area contributed by atoms with E-state index in [2.05, 4.69) is 5.32 Å². The van der Waals surface area contributed by atoms with E-state index in [0.29, 0.717) is 25.9 Å². The minimum atomic E-state index is -0.656. The molecule has 1 fully saturated rings. The van der Waals surface area contributed by atoms with Gasteiger partial charge in [-0.25, -0.2) is 9.18 Å². The number of carbonyl (C=O) groups excluding carboxylic acids is 1. The van der Waals surface area contributed by atoms with Crippen molar-refractivity contribution in [1.29, 1.82) is 0 Å². The Kier molecular flexibility index (Phi) is 4.02. The topological polar surface area (TPSA) is 102 Å². The fourth-order valence-corrected chi connectivity index (χ4v) is 2.20. The molecule has 8 heteroatoms. The van der Waals surface area contributed by atoms with Gasteiger partial charge in [0.2, 0.25) is 0 Å². The number of nitrogens with zero attached hydrogens (tertiary/aromatic N) is 2. The fourth-order valence-electron chi connectivity index (χ4n) is 2.20. The van der Waals surface area contributed by atoms with E-state index in [0.717, 1.165) is 6.07 Å². The van der Waals surface area contributed by atoms with E-state index in [4.69, 9.17) is 5.73 Å². The molecule has 1 aromatic rings. The van der Waals surface area contributed by atoms with Crippen LogP contribution in [0.5, 0.6) is 0 Å². The molecule has 0 atom stereocenters. The highest BCUT2D eigenvalue weighted by molar-refractivity contribution is 5.72. The Morgan fingerprint density at radius 2 is 2.10 bits per heavy atom. The van der Waals surface area contributed by atoms with Gasteiger partial charge in [-0.2, -0.15) is 0 Å². The lowest BCUT2D eigenvalue weighted by Gasteiger charge is -2.31. The number of nitro benzene ring substituents is 1. The number of nitrogens with one attached hydrogen (secondary N) is 1. The van der Waals surface area contributed by atoms with Crippen LogP contribution >= 0.6 is 0 Å². The summed E-state index contributed by atoms with van der Waals surface area (Å²) in [4.78, 5) is 22.4. The molecule has 108 valence electrons. The Balaban J connectivity index is 1.98. The highest BCUT2D eigenvalue weighted by Crippen LogP contribution is 2.23. The zero-order valence-electron chi connectivity index (χ0n) is 10.7. The third-order valence-corrected chi connectivity index (χ3v) is 3.33. The summed E-state index contributed by atoms with van der Waals surface area (Å²) in [7, 11) is 0. The van der Waals surface area contributed by atoms with Crippen LogP contribution in [0.25, 0.3) is 0 Å². The first kappa shape index (κ1) is 14.0. The number of urea groups is 1. The minimum Gasteiger partial charge on any atom is -0.380 e. The van der Waals surface area contributed by atoms with Crippen molar-refractivity contribution >= 4 is 17.4 Å². The van der Waals surface area contributed by atoms with Crippen LogP contribution in [0.4, 0.5) is 20.6 Å². The monoisotopic (exact) mass is 282 g/mol. The van der Waals surface area contributed by atoms with Gasteiger partial charge in [0.25, 0.3) is 5.69 Å². The Morgan fingerprint density at radius 3 is 2.60 bits per heavy atom. The van der Waals surface area contributed by atoms with Crippen LogP contribution in [-0.2, 0) is 0 Å². The summed E-state index contributed by atoms with van der Waals surface area (Å²) in [6.07, 6.45) is 1.30. The molecule has 0 bridgehead atoms. The van der Waals surface area contributed by atoms with Crippen molar-refractivity contribution in [2.75, 3.05) is 18.4 Å². The third-order valence-electron chi connectivity index (χ3n) is 3.33. The quantitative estimate of drug-likeness (QED) is 0.650. The largest absolute Gasteiger partial charge is 0.380 e. The number of amides is 2. The number of halogens is 1. The van der Waals surface area contributed by atoms with Gasteiger partial charge in [0.15, 0.2) is 5.82 Å². The van der Waals surface area contributed by atoms with Gasteiger partial charge in [-0.1, -0.05) is 0 Å². The fraction of sp³-hybridized carbons (Fsp3) is 0.417. The summed E-state index contributed by atoms with van der Waals surface area (Å²) in [6.45, 7) is 1.03. The number of likely N-dealkylation sites (tertiary alicyclic amines) is 1. The van der Waals surface area contributed by atoms with Crippen molar-refractivity contribution in [2.45, 2.75) is 18.9 Å². The number of carbonyl (C=O) groups is 1. The van der Waals surface area contributed by atoms with E-state index in [9.17, 15) is 19.3 Å². The van der Waals surface area contributed by atoms with E-state index in [-0.39, 0.29) is 17.4 Å². The van der Waals surface area contributed by atoms with E-state index in [1.165, 1.54) is 17.0 Å². The van der Waals surface area contributed by atoms with E-state index in [1.54, 1.807) is 0 Å². The minimum absolute atomic E-state index is 0.0153. The summed E-state index contributed by atoms with van der Waals surface area (Å²) in [5.41, 5.74) is 5.13. The van der Waals surface area contributed by atoms with Crippen LogP contribution in [0.3, 0.4) is 0 Å². The second-order valence-corrected chi connectivity index (χ2v) is 4.67. The molecule has 0 saturated carbocycles. The predicted molar refractivity (Wildman–Crippen MR) is 70.9 cm³/mol. The van der Waals surface area contributed by atoms with Gasteiger partial charge in [-0.3, -0.25) is 10.1 Å². The highest BCUT2D eigenvalue weighted by Gasteiger charge is 2.22. The van der Waals surface area contributed by atoms with Gasteiger partial charge in [-0.15, -0.1) is 0 Å². The molecule has 0 unspecified atom stereocenters. The normalized spacial score (nSPS) is 15.9. The number of hydrogen-bond acceptors (Lipinski definition) is 4. The van der Waals surface area contributed by atoms with Crippen LogP contribution in [0.2, 0.25) is 0 Å². The Hall–Kier alpha value is -2.38. The first-order valence-electron chi connectivity index (χ1n) is 6.22. The summed E-state index contributed by atoms with van der Waals surface area (Å²) >= 11 is 0. The van der Waals surface area contributed by atoms with Crippen LogP contribution in [0, 0.1) is 15.9 Å². The molecule has 1 heterocycles. The standard InChI is InChI=1S/C12H15FN4O3/c13-10-7-9(17(19)20)1-2-11(10)15-8-3-5-16(6-4-8)12(14)18/h1-2,7-8,15H,3-6H2,(H2,14,18). The molecule has 1 aromatic carbocycles. The van der Waals surface area contributed by atoms with E-state index in [1.807, 2.05) is 0 Å². The maximum absolute atomic E-state index is 13.7. The second-order valence-electron chi connectivity index (χ2n) is 4.67. The number of benzene rings is 1. The number of primary amides is 1. The van der Waals surface area contributed by atoms with E-state index < -0.39 is 16.8 Å². The van der Waals surface area contributed by atoms with Crippen LogP contribution in [0.1, 0.15) is 12.8 Å². The Labute approximate surface area is 114 Å². The van der Waals surface area contributed by atoms with Gasteiger partial charge in [0.1, 0.15) is 0 Å².